The number of nitrogens with one attached hydrogen (secondary N) is 1. The van der Waals surface area contributed by atoms with Gasteiger partial charge in [0.05, 0.1) is 6.10 Å². The Labute approximate surface area is 185 Å². The Morgan fingerprint density at radius 1 is 1.10 bits per heavy atom. The summed E-state index contributed by atoms with van der Waals surface area (Å²) >= 11 is 6.11. The molecule has 0 spiro atoms. The number of aliphatic hydroxyl groups excluding tert-OH is 1. The lowest BCUT2D eigenvalue weighted by molar-refractivity contribution is -0.134. The van der Waals surface area contributed by atoms with Crippen molar-refractivity contribution >= 4 is 23.5 Å². The van der Waals surface area contributed by atoms with Gasteiger partial charge in [0.15, 0.2) is 0 Å². The van der Waals surface area contributed by atoms with Gasteiger partial charge in [0, 0.05) is 29.3 Å². The molecule has 1 aliphatic rings. The molecule has 7 nitrogen and oxygen atoms in total. The minimum Gasteiger partial charge on any atom is -0.508 e. The van der Waals surface area contributed by atoms with E-state index in [1.54, 1.807) is 12.1 Å². The quantitative estimate of drug-likeness (QED) is 0.412. The highest BCUT2D eigenvalue weighted by molar-refractivity contribution is 6.31. The van der Waals surface area contributed by atoms with Crippen molar-refractivity contribution in [3.05, 3.63) is 76.3 Å². The zero-order valence-corrected chi connectivity index (χ0v) is 17.6. The summed E-state index contributed by atoms with van der Waals surface area (Å²) in [7, 11) is 0. The van der Waals surface area contributed by atoms with E-state index >= 15 is 0 Å². The normalized spacial score (nSPS) is 16.1. The summed E-state index contributed by atoms with van der Waals surface area (Å²) in [6.07, 6.45) is 3.68. The highest BCUT2D eigenvalue weighted by atomic mass is 35.5. The van der Waals surface area contributed by atoms with E-state index in [1.807, 2.05) is 30.3 Å². The van der Waals surface area contributed by atoms with Crippen LogP contribution in [0.5, 0.6) is 5.75 Å². The van der Waals surface area contributed by atoms with Crippen LogP contribution in [-0.4, -0.2) is 45.5 Å². The molecule has 0 heterocycles. The van der Waals surface area contributed by atoms with Crippen LogP contribution in [0, 0.1) is 5.92 Å². The molecule has 2 unspecified atom stereocenters. The van der Waals surface area contributed by atoms with Crippen molar-refractivity contribution in [1.82, 2.24) is 5.32 Å². The Hall–Kier alpha value is -2.87. The zero-order valence-electron chi connectivity index (χ0n) is 16.9. The predicted molar refractivity (Wildman–Crippen MR) is 117 cm³/mol. The van der Waals surface area contributed by atoms with Gasteiger partial charge in [-0.25, -0.2) is 9.59 Å². The number of hydrogen-bond acceptors (Lipinski definition) is 5. The number of benzene rings is 2. The molecule has 0 aromatic heterocycles. The molecule has 166 valence electrons. The number of phenolic OH excluding ortho intramolecular Hbond substituents is 1. The Kier molecular flexibility index (Phi) is 9.52. The molecular formula is C23H26ClNO6. The first-order valence-electron chi connectivity index (χ1n) is 9.84. The van der Waals surface area contributed by atoms with Gasteiger partial charge in [-0.05, 0) is 61.1 Å². The van der Waals surface area contributed by atoms with E-state index in [-0.39, 0.29) is 0 Å². The topological polar surface area (TPSA) is 127 Å². The molecule has 31 heavy (non-hydrogen) atoms. The van der Waals surface area contributed by atoms with Crippen molar-refractivity contribution in [2.24, 2.45) is 5.92 Å². The standard InChI is InChI=1S/C19H22ClNO2.C4H4O4/c20-18-4-2-1-3-17(18)19(23)12-21-11-13-5-6-14-7-8-16(22)10-15(14)9-13;5-3(6)1-2-4(7)8/h1-4,7-8,10,13,19,21-23H,5-6,9,11-12H2;1-2H,(H,5,6)(H,7,8). The lowest BCUT2D eigenvalue weighted by Gasteiger charge is -2.25. The van der Waals surface area contributed by atoms with Gasteiger partial charge in [0.1, 0.15) is 5.75 Å². The fourth-order valence-corrected chi connectivity index (χ4v) is 3.68. The van der Waals surface area contributed by atoms with Crippen LogP contribution in [0.3, 0.4) is 0 Å². The number of hydrogen-bond donors (Lipinski definition) is 5. The van der Waals surface area contributed by atoms with Crippen molar-refractivity contribution in [2.75, 3.05) is 13.1 Å². The summed E-state index contributed by atoms with van der Waals surface area (Å²) < 4.78 is 0. The molecule has 0 fully saturated rings. The van der Waals surface area contributed by atoms with E-state index in [0.29, 0.717) is 35.4 Å². The number of carboxylic acids is 2. The molecule has 0 bridgehead atoms. The zero-order chi connectivity index (χ0) is 22.8. The number of aryl methyl sites for hydroxylation is 1. The number of rotatable bonds is 7. The number of halogens is 1. The van der Waals surface area contributed by atoms with Crippen molar-refractivity contribution in [3.8, 4) is 5.75 Å². The summed E-state index contributed by atoms with van der Waals surface area (Å²) in [5.41, 5.74) is 3.35. The van der Waals surface area contributed by atoms with Gasteiger partial charge in [0.2, 0.25) is 0 Å². The van der Waals surface area contributed by atoms with Crippen LogP contribution in [0.2, 0.25) is 5.02 Å². The van der Waals surface area contributed by atoms with Crippen LogP contribution < -0.4 is 5.32 Å². The monoisotopic (exact) mass is 447 g/mol. The van der Waals surface area contributed by atoms with E-state index in [4.69, 9.17) is 21.8 Å². The Morgan fingerprint density at radius 3 is 2.42 bits per heavy atom. The van der Waals surface area contributed by atoms with Crippen LogP contribution in [0.25, 0.3) is 0 Å². The minimum absolute atomic E-state index is 0.339. The number of aliphatic carboxylic acids is 2. The lowest BCUT2D eigenvalue weighted by Crippen LogP contribution is -2.30. The van der Waals surface area contributed by atoms with Gasteiger partial charge in [-0.3, -0.25) is 0 Å². The van der Waals surface area contributed by atoms with E-state index < -0.39 is 18.0 Å². The third-order valence-corrected chi connectivity index (χ3v) is 5.27. The van der Waals surface area contributed by atoms with Crippen molar-refractivity contribution in [2.45, 2.75) is 25.4 Å². The highest BCUT2D eigenvalue weighted by Gasteiger charge is 2.19. The van der Waals surface area contributed by atoms with E-state index in [0.717, 1.165) is 31.4 Å². The molecule has 0 radical (unpaired) electrons. The van der Waals surface area contributed by atoms with Crippen molar-refractivity contribution < 1.29 is 30.0 Å². The molecule has 0 saturated carbocycles. The maximum atomic E-state index is 10.2. The fraction of sp³-hybridized carbons (Fsp3) is 0.304. The third kappa shape index (κ3) is 8.41. The maximum Gasteiger partial charge on any atom is 0.328 e. The van der Waals surface area contributed by atoms with Crippen LogP contribution in [0.1, 0.15) is 29.2 Å². The number of phenols is 1. The van der Waals surface area contributed by atoms with Gasteiger partial charge in [0.25, 0.3) is 0 Å². The van der Waals surface area contributed by atoms with E-state index in [9.17, 15) is 19.8 Å². The smallest absolute Gasteiger partial charge is 0.328 e. The largest absolute Gasteiger partial charge is 0.508 e. The maximum absolute atomic E-state index is 10.2. The first-order chi connectivity index (χ1) is 14.8. The lowest BCUT2D eigenvalue weighted by atomic mass is 9.84. The second kappa shape index (κ2) is 12.1. The molecule has 3 rings (SSSR count). The Bertz CT molecular complexity index is 914. The van der Waals surface area contributed by atoms with Crippen LogP contribution in [0.4, 0.5) is 0 Å². The molecule has 2 atom stereocenters. The molecule has 5 N–H and O–H groups in total. The number of carbonyl (C=O) groups is 2. The summed E-state index contributed by atoms with van der Waals surface area (Å²) in [6, 6.07) is 13.1. The number of fused-ring (bicyclic) bond motifs is 1. The van der Waals surface area contributed by atoms with Crippen LogP contribution in [-0.2, 0) is 22.4 Å². The fourth-order valence-electron chi connectivity index (χ4n) is 3.42. The first-order valence-corrected chi connectivity index (χ1v) is 10.2. The van der Waals surface area contributed by atoms with Gasteiger partial charge in [-0.15, -0.1) is 0 Å². The molecule has 0 saturated heterocycles. The van der Waals surface area contributed by atoms with Gasteiger partial charge >= 0.3 is 11.9 Å². The molecular weight excluding hydrogens is 422 g/mol. The SMILES string of the molecule is O=C(O)C=CC(=O)O.Oc1ccc2c(c1)CC(CNCC(O)c1ccccc1Cl)CC2. The van der Waals surface area contributed by atoms with Crippen LogP contribution >= 0.6 is 11.6 Å². The van der Waals surface area contributed by atoms with E-state index in [1.165, 1.54) is 11.1 Å². The molecule has 2 aromatic rings. The van der Waals surface area contributed by atoms with Gasteiger partial charge in [-0.2, -0.15) is 0 Å². The Balaban J connectivity index is 0.000000366. The number of aliphatic hydroxyl groups is 1. The first kappa shape index (κ1) is 24.4. The van der Waals surface area contributed by atoms with Gasteiger partial charge < -0.3 is 25.7 Å². The molecule has 2 aromatic carbocycles. The number of aromatic hydroxyl groups is 1. The molecule has 0 amide bonds. The van der Waals surface area contributed by atoms with E-state index in [2.05, 4.69) is 5.32 Å². The number of carboxylic acid groups (broad SMARTS) is 2. The average Bonchev–Trinajstić information content (AvgIpc) is 2.72. The second-order valence-electron chi connectivity index (χ2n) is 7.27. The predicted octanol–water partition coefficient (Wildman–Crippen LogP) is 3.19. The van der Waals surface area contributed by atoms with Gasteiger partial charge in [-0.1, -0.05) is 35.9 Å². The summed E-state index contributed by atoms with van der Waals surface area (Å²) in [4.78, 5) is 19.1. The summed E-state index contributed by atoms with van der Waals surface area (Å²) in [5.74, 6) is -1.64. The second-order valence-corrected chi connectivity index (χ2v) is 7.67. The average molecular weight is 448 g/mol. The molecule has 8 heteroatoms. The summed E-state index contributed by atoms with van der Waals surface area (Å²) in [6.45, 7) is 1.35. The third-order valence-electron chi connectivity index (χ3n) is 4.92. The van der Waals surface area contributed by atoms with Crippen molar-refractivity contribution in [3.63, 3.8) is 0 Å². The molecule has 1 aliphatic carbocycles. The summed E-state index contributed by atoms with van der Waals surface area (Å²) in [5, 5.41) is 39.4. The van der Waals surface area contributed by atoms with Crippen LogP contribution in [0.15, 0.2) is 54.6 Å². The molecule has 0 aliphatic heterocycles. The minimum atomic E-state index is -1.26. The highest BCUT2D eigenvalue weighted by Crippen LogP contribution is 2.28. The van der Waals surface area contributed by atoms with Crippen molar-refractivity contribution in [1.29, 1.82) is 0 Å². The Morgan fingerprint density at radius 2 is 1.77 bits per heavy atom.